The van der Waals surface area contributed by atoms with Crippen molar-refractivity contribution in [3.8, 4) is 0 Å². The largest absolute Gasteiger partial charge is 0.224 e. The third-order valence-electron chi connectivity index (χ3n) is 2.26. The highest BCUT2D eigenvalue weighted by Gasteiger charge is 2.21. The second kappa shape index (κ2) is 3.89. The number of nitrogens with zero attached hydrogens (tertiary/aromatic N) is 1. The van der Waals surface area contributed by atoms with Crippen molar-refractivity contribution in [1.29, 1.82) is 0 Å². The zero-order chi connectivity index (χ0) is 9.26. The molecule has 0 radical (unpaired) electrons. The molecule has 2 rings (SSSR count). The van der Waals surface area contributed by atoms with Crippen LogP contribution in [0, 0.1) is 0 Å². The maximum Gasteiger partial charge on any atom is 0.0934 e. The standard InChI is InChI=1S/C9H8ClNS2/c10-9-4-6-7(11-5-12)2-1-3-8(6)13-9/h4,7H,1-3H2. The molecule has 0 fully saturated rings. The first-order valence-corrected chi connectivity index (χ1v) is 5.76. The molecule has 1 nitrogen and oxygen atoms in total. The first-order chi connectivity index (χ1) is 6.31. The number of rotatable bonds is 1. The highest BCUT2D eigenvalue weighted by atomic mass is 35.5. The molecule has 0 N–H and O–H groups in total. The van der Waals surface area contributed by atoms with Gasteiger partial charge in [-0.3, -0.25) is 0 Å². The minimum atomic E-state index is 0.213. The second-order valence-corrected chi connectivity index (χ2v) is 5.01. The normalized spacial score (nSPS) is 20.5. The molecule has 0 amide bonds. The average molecular weight is 230 g/mol. The molecular formula is C9H8ClNS2. The van der Waals surface area contributed by atoms with Crippen LogP contribution in [0.5, 0.6) is 0 Å². The van der Waals surface area contributed by atoms with Crippen molar-refractivity contribution in [3.05, 3.63) is 20.8 Å². The molecule has 0 saturated heterocycles. The Balaban J connectivity index is 2.41. The molecule has 0 saturated carbocycles. The average Bonchev–Trinajstić information content (AvgIpc) is 2.47. The molecular weight excluding hydrogens is 222 g/mol. The Morgan fingerprint density at radius 3 is 3.31 bits per heavy atom. The predicted molar refractivity (Wildman–Crippen MR) is 60.0 cm³/mol. The molecule has 1 aliphatic carbocycles. The Bertz CT molecular complexity index is 366. The fourth-order valence-electron chi connectivity index (χ4n) is 1.70. The van der Waals surface area contributed by atoms with Crippen molar-refractivity contribution in [2.45, 2.75) is 25.3 Å². The van der Waals surface area contributed by atoms with Crippen molar-refractivity contribution < 1.29 is 0 Å². The Morgan fingerprint density at radius 2 is 2.54 bits per heavy atom. The fraction of sp³-hybridized carbons (Fsp3) is 0.444. The zero-order valence-corrected chi connectivity index (χ0v) is 9.31. The van der Waals surface area contributed by atoms with Crippen LogP contribution in [-0.4, -0.2) is 5.16 Å². The molecule has 1 heterocycles. The number of thiophene rings is 1. The van der Waals surface area contributed by atoms with E-state index in [1.165, 1.54) is 16.9 Å². The Labute approximate surface area is 91.4 Å². The van der Waals surface area contributed by atoms with Crippen LogP contribution in [0.2, 0.25) is 4.34 Å². The van der Waals surface area contributed by atoms with E-state index in [2.05, 4.69) is 22.4 Å². The molecule has 1 aliphatic rings. The van der Waals surface area contributed by atoms with Crippen molar-refractivity contribution in [1.82, 2.24) is 0 Å². The van der Waals surface area contributed by atoms with Gasteiger partial charge >= 0.3 is 0 Å². The van der Waals surface area contributed by atoms with Crippen LogP contribution in [0.25, 0.3) is 0 Å². The van der Waals surface area contributed by atoms with Gasteiger partial charge in [-0.05, 0) is 43.1 Å². The summed E-state index contributed by atoms with van der Waals surface area (Å²) in [5.74, 6) is 0. The SMILES string of the molecule is S=C=NC1CCCc2sc(Cl)cc21. The van der Waals surface area contributed by atoms with Gasteiger partial charge in [0.15, 0.2) is 0 Å². The van der Waals surface area contributed by atoms with E-state index in [1.807, 2.05) is 6.07 Å². The maximum absolute atomic E-state index is 5.95. The number of hydrogen-bond acceptors (Lipinski definition) is 3. The van der Waals surface area contributed by atoms with Crippen LogP contribution in [0.3, 0.4) is 0 Å². The van der Waals surface area contributed by atoms with Gasteiger partial charge in [0, 0.05) is 4.88 Å². The van der Waals surface area contributed by atoms with Crippen molar-refractivity contribution in [3.63, 3.8) is 0 Å². The summed E-state index contributed by atoms with van der Waals surface area (Å²) >= 11 is 12.2. The lowest BCUT2D eigenvalue weighted by Gasteiger charge is -2.16. The van der Waals surface area contributed by atoms with E-state index in [-0.39, 0.29) is 6.04 Å². The van der Waals surface area contributed by atoms with E-state index in [4.69, 9.17) is 11.6 Å². The highest BCUT2D eigenvalue weighted by molar-refractivity contribution is 7.78. The van der Waals surface area contributed by atoms with E-state index in [0.717, 1.165) is 17.2 Å². The first-order valence-electron chi connectivity index (χ1n) is 4.16. The molecule has 0 bridgehead atoms. The van der Waals surface area contributed by atoms with Crippen molar-refractivity contribution in [2.24, 2.45) is 4.99 Å². The van der Waals surface area contributed by atoms with Gasteiger partial charge in [0.05, 0.1) is 15.5 Å². The van der Waals surface area contributed by atoms with Crippen LogP contribution in [0.1, 0.15) is 29.3 Å². The van der Waals surface area contributed by atoms with E-state index in [0.29, 0.717) is 0 Å². The summed E-state index contributed by atoms with van der Waals surface area (Å²) in [5, 5.41) is 2.46. The van der Waals surface area contributed by atoms with Crippen LogP contribution >= 0.6 is 35.2 Å². The molecule has 68 valence electrons. The summed E-state index contributed by atoms with van der Waals surface area (Å²) in [6, 6.07) is 2.23. The van der Waals surface area contributed by atoms with Gasteiger partial charge in [0.2, 0.25) is 0 Å². The Morgan fingerprint density at radius 1 is 1.69 bits per heavy atom. The third-order valence-corrected chi connectivity index (χ3v) is 3.71. The molecule has 1 aromatic heterocycles. The highest BCUT2D eigenvalue weighted by Crippen LogP contribution is 2.39. The van der Waals surface area contributed by atoms with E-state index in [1.54, 1.807) is 11.3 Å². The van der Waals surface area contributed by atoms with Crippen LogP contribution in [0.15, 0.2) is 11.1 Å². The van der Waals surface area contributed by atoms with E-state index < -0.39 is 0 Å². The lowest BCUT2D eigenvalue weighted by molar-refractivity contribution is 0.583. The molecule has 4 heteroatoms. The molecule has 13 heavy (non-hydrogen) atoms. The number of thiocarbonyl (C=S) groups is 1. The smallest absolute Gasteiger partial charge is 0.0934 e. The molecule has 0 aliphatic heterocycles. The molecule has 1 atom stereocenters. The van der Waals surface area contributed by atoms with Gasteiger partial charge in [-0.25, -0.2) is 4.99 Å². The lowest BCUT2D eigenvalue weighted by Crippen LogP contribution is -2.04. The monoisotopic (exact) mass is 229 g/mol. The van der Waals surface area contributed by atoms with E-state index >= 15 is 0 Å². The predicted octanol–water partition coefficient (Wildman–Crippen LogP) is 3.88. The Kier molecular flexibility index (Phi) is 2.80. The maximum atomic E-state index is 5.95. The number of fused-ring (bicyclic) bond motifs is 1. The van der Waals surface area contributed by atoms with Gasteiger partial charge in [-0.1, -0.05) is 11.6 Å². The minimum absolute atomic E-state index is 0.213. The van der Waals surface area contributed by atoms with Crippen LogP contribution in [0.4, 0.5) is 0 Å². The molecule has 0 aromatic carbocycles. The van der Waals surface area contributed by atoms with Gasteiger partial charge in [-0.2, -0.15) is 0 Å². The van der Waals surface area contributed by atoms with Gasteiger partial charge in [-0.15, -0.1) is 11.3 Å². The van der Waals surface area contributed by atoms with Gasteiger partial charge in [0.1, 0.15) is 0 Å². The zero-order valence-electron chi connectivity index (χ0n) is 6.92. The van der Waals surface area contributed by atoms with Gasteiger partial charge < -0.3 is 0 Å². The van der Waals surface area contributed by atoms with Crippen molar-refractivity contribution in [2.75, 3.05) is 0 Å². The summed E-state index contributed by atoms with van der Waals surface area (Å²) in [6.45, 7) is 0. The molecule has 1 aromatic rings. The quantitative estimate of drug-likeness (QED) is 0.526. The van der Waals surface area contributed by atoms with E-state index in [9.17, 15) is 0 Å². The summed E-state index contributed by atoms with van der Waals surface area (Å²) in [6.07, 6.45) is 3.38. The number of aryl methyl sites for hydroxylation is 1. The lowest BCUT2D eigenvalue weighted by atomic mass is 9.95. The first kappa shape index (κ1) is 9.35. The topological polar surface area (TPSA) is 12.4 Å². The molecule has 1 unspecified atom stereocenters. The van der Waals surface area contributed by atoms with Crippen LogP contribution < -0.4 is 0 Å². The summed E-state index contributed by atoms with van der Waals surface area (Å²) in [5.41, 5.74) is 1.26. The van der Waals surface area contributed by atoms with Crippen molar-refractivity contribution >= 4 is 40.3 Å². The minimum Gasteiger partial charge on any atom is -0.224 e. The number of aliphatic imine (C=N–C) groups is 1. The number of hydrogen-bond donors (Lipinski definition) is 0. The second-order valence-electron chi connectivity index (χ2n) is 3.06. The Hall–Kier alpha value is -0.210. The fourth-order valence-corrected chi connectivity index (χ4v) is 3.20. The third kappa shape index (κ3) is 1.84. The molecule has 0 spiro atoms. The summed E-state index contributed by atoms with van der Waals surface area (Å²) < 4.78 is 0.858. The number of halogens is 1. The van der Waals surface area contributed by atoms with Gasteiger partial charge in [0.25, 0.3) is 0 Å². The van der Waals surface area contributed by atoms with Crippen LogP contribution in [-0.2, 0) is 6.42 Å². The summed E-state index contributed by atoms with van der Waals surface area (Å²) in [4.78, 5) is 5.52. The number of isothiocyanates is 1. The summed E-state index contributed by atoms with van der Waals surface area (Å²) in [7, 11) is 0.